The smallest absolute Gasteiger partial charge is 0.339 e. The highest BCUT2D eigenvalue weighted by Crippen LogP contribution is 2.30. The molecule has 3 rings (SSSR count). The second-order valence-electron chi connectivity index (χ2n) is 4.08. The zero-order valence-corrected chi connectivity index (χ0v) is 11.3. The minimum Gasteiger partial charge on any atom is -0.478 e. The lowest BCUT2D eigenvalue weighted by atomic mass is 10.1. The van der Waals surface area contributed by atoms with Crippen molar-refractivity contribution in [3.05, 3.63) is 35.6 Å². The van der Waals surface area contributed by atoms with Gasteiger partial charge in [0.1, 0.15) is 16.9 Å². The van der Waals surface area contributed by atoms with Gasteiger partial charge < -0.3 is 9.52 Å². The van der Waals surface area contributed by atoms with Crippen molar-refractivity contribution in [1.29, 1.82) is 0 Å². The maximum atomic E-state index is 11.4. The molecule has 0 radical (unpaired) electrons. The first-order valence-electron chi connectivity index (χ1n) is 5.75. The number of aryl methyl sites for hydroxylation is 1. The number of carboxylic acid groups (broad SMARTS) is 1. The second-order valence-corrected chi connectivity index (χ2v) is 5.02. The summed E-state index contributed by atoms with van der Waals surface area (Å²) in [5, 5.41) is 21.6. The van der Waals surface area contributed by atoms with Crippen LogP contribution in [0.5, 0.6) is 0 Å². The highest BCUT2D eigenvalue weighted by atomic mass is 32.2. The van der Waals surface area contributed by atoms with Crippen LogP contribution in [0.3, 0.4) is 0 Å². The van der Waals surface area contributed by atoms with Gasteiger partial charge in [0.25, 0.3) is 0 Å². The summed E-state index contributed by atoms with van der Waals surface area (Å²) in [5.41, 5.74) is 0.764. The molecule has 0 aliphatic carbocycles. The van der Waals surface area contributed by atoms with Crippen LogP contribution in [0.2, 0.25) is 0 Å². The van der Waals surface area contributed by atoms with E-state index >= 15 is 0 Å². The van der Waals surface area contributed by atoms with E-state index in [4.69, 9.17) is 4.42 Å². The summed E-state index contributed by atoms with van der Waals surface area (Å²) < 4.78 is 7.14. The summed E-state index contributed by atoms with van der Waals surface area (Å²) in [6.45, 7) is 0. The Labute approximate surface area is 117 Å². The summed E-state index contributed by atoms with van der Waals surface area (Å²) in [7, 11) is 1.72. The Morgan fingerprint density at radius 2 is 2.25 bits per heavy atom. The first kappa shape index (κ1) is 12.7. The first-order chi connectivity index (χ1) is 9.66. The third kappa shape index (κ3) is 2.14. The molecule has 0 spiro atoms. The molecule has 2 aromatic heterocycles. The van der Waals surface area contributed by atoms with E-state index in [9.17, 15) is 9.90 Å². The summed E-state index contributed by atoms with van der Waals surface area (Å²) >= 11 is 1.32. The number of carbonyl (C=O) groups is 1. The lowest BCUT2D eigenvalue weighted by Gasteiger charge is -1.98. The van der Waals surface area contributed by atoms with Crippen molar-refractivity contribution in [1.82, 2.24) is 20.2 Å². The Hall–Kier alpha value is -2.35. The first-order valence-corrected chi connectivity index (χ1v) is 6.74. The average molecular weight is 290 g/mol. The number of aromatic carboxylic acids is 1. The number of tetrazole rings is 1. The largest absolute Gasteiger partial charge is 0.478 e. The number of hydrogen-bond acceptors (Lipinski definition) is 6. The van der Waals surface area contributed by atoms with Crippen molar-refractivity contribution < 1.29 is 14.3 Å². The minimum absolute atomic E-state index is 0.197. The summed E-state index contributed by atoms with van der Waals surface area (Å²) in [5.74, 6) is -0.238. The van der Waals surface area contributed by atoms with Crippen LogP contribution < -0.4 is 0 Å². The molecule has 0 saturated carbocycles. The number of fused-ring (bicyclic) bond motifs is 1. The predicted molar refractivity (Wildman–Crippen MR) is 71.5 cm³/mol. The summed E-state index contributed by atoms with van der Waals surface area (Å²) in [6, 6.07) is 7.08. The predicted octanol–water partition coefficient (Wildman–Crippen LogP) is 1.95. The van der Waals surface area contributed by atoms with Crippen LogP contribution in [0.15, 0.2) is 33.8 Å². The molecule has 0 amide bonds. The number of nitrogens with zero attached hydrogens (tertiary/aromatic N) is 4. The number of para-hydroxylation sites is 1. The van der Waals surface area contributed by atoms with Gasteiger partial charge in [-0.2, -0.15) is 0 Å². The van der Waals surface area contributed by atoms with E-state index in [1.807, 2.05) is 0 Å². The van der Waals surface area contributed by atoms with Gasteiger partial charge in [-0.3, -0.25) is 0 Å². The molecular formula is C12H10N4O3S. The Balaban J connectivity index is 1.96. The van der Waals surface area contributed by atoms with E-state index in [1.54, 1.807) is 31.3 Å². The van der Waals surface area contributed by atoms with Crippen LogP contribution in [-0.2, 0) is 12.8 Å². The van der Waals surface area contributed by atoms with E-state index in [0.717, 1.165) is 0 Å². The van der Waals surface area contributed by atoms with Gasteiger partial charge in [0, 0.05) is 12.4 Å². The SMILES string of the molecule is Cn1nnnc1SCc1oc2ccccc2c1C(=O)O. The van der Waals surface area contributed by atoms with Gasteiger partial charge in [-0.05, 0) is 16.5 Å². The van der Waals surface area contributed by atoms with Crippen molar-refractivity contribution >= 4 is 28.7 Å². The van der Waals surface area contributed by atoms with Gasteiger partial charge in [0.15, 0.2) is 0 Å². The molecule has 0 saturated heterocycles. The van der Waals surface area contributed by atoms with Crippen molar-refractivity contribution in [3.8, 4) is 0 Å². The monoisotopic (exact) mass is 290 g/mol. The lowest BCUT2D eigenvalue weighted by molar-refractivity contribution is 0.0697. The Morgan fingerprint density at radius 1 is 1.45 bits per heavy atom. The molecule has 20 heavy (non-hydrogen) atoms. The van der Waals surface area contributed by atoms with Crippen LogP contribution in [0, 0.1) is 0 Å². The average Bonchev–Trinajstić information content (AvgIpc) is 2.99. The van der Waals surface area contributed by atoms with E-state index < -0.39 is 5.97 Å². The second kappa shape index (κ2) is 4.97. The maximum Gasteiger partial charge on any atom is 0.339 e. The van der Waals surface area contributed by atoms with Crippen LogP contribution in [0.4, 0.5) is 0 Å². The molecular weight excluding hydrogens is 280 g/mol. The van der Waals surface area contributed by atoms with E-state index in [1.165, 1.54) is 16.4 Å². The van der Waals surface area contributed by atoms with E-state index in [-0.39, 0.29) is 5.56 Å². The number of thioether (sulfide) groups is 1. The molecule has 2 heterocycles. The molecule has 3 aromatic rings. The van der Waals surface area contributed by atoms with Crippen molar-refractivity contribution in [3.63, 3.8) is 0 Å². The van der Waals surface area contributed by atoms with Crippen LogP contribution >= 0.6 is 11.8 Å². The van der Waals surface area contributed by atoms with Crippen LogP contribution in [0.1, 0.15) is 16.1 Å². The molecule has 0 fully saturated rings. The summed E-state index contributed by atoms with van der Waals surface area (Å²) in [6.07, 6.45) is 0. The molecule has 1 aromatic carbocycles. The topological polar surface area (TPSA) is 94.0 Å². The molecule has 0 aliphatic heterocycles. The Kier molecular flexibility index (Phi) is 3.15. The molecule has 8 heteroatoms. The van der Waals surface area contributed by atoms with E-state index in [2.05, 4.69) is 15.5 Å². The Morgan fingerprint density at radius 3 is 2.95 bits per heavy atom. The van der Waals surface area contributed by atoms with Crippen LogP contribution in [-0.4, -0.2) is 31.3 Å². The molecule has 0 unspecified atom stereocenters. The fourth-order valence-electron chi connectivity index (χ4n) is 1.91. The van der Waals surface area contributed by atoms with Crippen molar-refractivity contribution in [2.45, 2.75) is 10.9 Å². The van der Waals surface area contributed by atoms with Crippen molar-refractivity contribution in [2.75, 3.05) is 0 Å². The minimum atomic E-state index is -0.998. The number of benzene rings is 1. The molecule has 0 atom stereocenters. The molecule has 1 N–H and O–H groups in total. The Bertz CT molecular complexity index is 780. The van der Waals surface area contributed by atoms with Gasteiger partial charge in [-0.1, -0.05) is 30.0 Å². The lowest BCUT2D eigenvalue weighted by Crippen LogP contribution is -1.99. The van der Waals surface area contributed by atoms with E-state index in [0.29, 0.717) is 27.6 Å². The van der Waals surface area contributed by atoms with Gasteiger partial charge in [0.05, 0.1) is 5.75 Å². The molecule has 0 bridgehead atoms. The zero-order chi connectivity index (χ0) is 14.1. The highest BCUT2D eigenvalue weighted by molar-refractivity contribution is 7.98. The quantitative estimate of drug-likeness (QED) is 0.734. The third-order valence-electron chi connectivity index (χ3n) is 2.80. The summed E-state index contributed by atoms with van der Waals surface area (Å²) in [4.78, 5) is 11.4. The van der Waals surface area contributed by atoms with Gasteiger partial charge in [-0.25, -0.2) is 9.48 Å². The number of hydrogen-bond donors (Lipinski definition) is 1. The standard InChI is InChI=1S/C12H10N4O3S/c1-16-12(13-14-15-16)20-6-9-10(11(17)18)7-4-2-3-5-8(7)19-9/h2-5H,6H2,1H3,(H,17,18). The fraction of sp³-hybridized carbons (Fsp3) is 0.167. The highest BCUT2D eigenvalue weighted by Gasteiger charge is 2.20. The van der Waals surface area contributed by atoms with Crippen molar-refractivity contribution in [2.24, 2.45) is 7.05 Å². The number of carboxylic acids is 1. The maximum absolute atomic E-state index is 11.4. The van der Waals surface area contributed by atoms with Gasteiger partial charge in [0.2, 0.25) is 5.16 Å². The zero-order valence-electron chi connectivity index (χ0n) is 10.5. The molecule has 7 nitrogen and oxygen atoms in total. The van der Waals surface area contributed by atoms with Gasteiger partial charge >= 0.3 is 5.97 Å². The number of rotatable bonds is 4. The normalized spacial score (nSPS) is 11.1. The van der Waals surface area contributed by atoms with Gasteiger partial charge in [-0.15, -0.1) is 5.10 Å². The molecule has 102 valence electrons. The number of aromatic nitrogens is 4. The molecule has 0 aliphatic rings. The fourth-order valence-corrected chi connectivity index (χ4v) is 2.69. The van der Waals surface area contributed by atoms with Crippen LogP contribution in [0.25, 0.3) is 11.0 Å². The third-order valence-corrected chi connectivity index (χ3v) is 3.81. The number of furan rings is 1.